The lowest BCUT2D eigenvalue weighted by Crippen LogP contribution is -2.33. The second kappa shape index (κ2) is 5.97. The van der Waals surface area contributed by atoms with E-state index in [2.05, 4.69) is 59.2 Å². The van der Waals surface area contributed by atoms with Crippen LogP contribution in [0.1, 0.15) is 44.3 Å². The minimum Gasteiger partial charge on any atom is -0.321 e. The summed E-state index contributed by atoms with van der Waals surface area (Å²) in [5, 5.41) is 2.54. The van der Waals surface area contributed by atoms with E-state index >= 15 is 0 Å². The van der Waals surface area contributed by atoms with Crippen LogP contribution in [0.4, 0.5) is 0 Å². The first-order valence-corrected chi connectivity index (χ1v) is 8.85. The third kappa shape index (κ3) is 2.34. The van der Waals surface area contributed by atoms with Gasteiger partial charge in [0.25, 0.3) is 0 Å². The van der Waals surface area contributed by atoms with Crippen molar-refractivity contribution in [1.29, 1.82) is 0 Å². The minimum absolute atomic E-state index is 0.107. The summed E-state index contributed by atoms with van der Waals surface area (Å²) in [6.45, 7) is 4.09. The molecule has 2 aliphatic heterocycles. The summed E-state index contributed by atoms with van der Waals surface area (Å²) in [4.78, 5) is 17.5. The molecule has 0 bridgehead atoms. The van der Waals surface area contributed by atoms with E-state index in [4.69, 9.17) is 0 Å². The molecule has 1 amide bonds. The van der Waals surface area contributed by atoms with Gasteiger partial charge in [-0.15, -0.1) is 0 Å². The van der Waals surface area contributed by atoms with Gasteiger partial charge in [-0.2, -0.15) is 0 Å². The van der Waals surface area contributed by atoms with Gasteiger partial charge in [-0.05, 0) is 35.6 Å². The van der Waals surface area contributed by atoms with E-state index in [0.717, 1.165) is 38.8 Å². The van der Waals surface area contributed by atoms with Crippen molar-refractivity contribution in [2.24, 2.45) is 0 Å². The van der Waals surface area contributed by atoms with Gasteiger partial charge in [-0.1, -0.05) is 55.8 Å². The molecular formula is C20H24N2O. The Kier molecular flexibility index (Phi) is 3.82. The SMILES string of the molecule is CCCCN1C(=O)[C@@H]2CCCN2[C@H]1c1cccc2ccccc12. The smallest absolute Gasteiger partial charge is 0.241 e. The predicted molar refractivity (Wildman–Crippen MR) is 93.0 cm³/mol. The Hall–Kier alpha value is -1.87. The highest BCUT2D eigenvalue weighted by molar-refractivity contribution is 5.89. The van der Waals surface area contributed by atoms with Crippen LogP contribution in [0.2, 0.25) is 0 Å². The number of carbonyl (C=O) groups is 1. The molecule has 0 N–H and O–H groups in total. The van der Waals surface area contributed by atoms with Crippen LogP contribution >= 0.6 is 0 Å². The molecule has 0 aromatic heterocycles. The Labute approximate surface area is 137 Å². The standard InChI is InChI=1S/C20H24N2O/c1-2-3-13-22-19(21-14-7-12-18(21)20(22)23)17-11-6-9-15-8-4-5-10-16(15)17/h4-6,8-11,18-19H,2-3,7,12-14H2,1H3/t18-,19+/m0/s1. The van der Waals surface area contributed by atoms with Crippen LogP contribution in [0.5, 0.6) is 0 Å². The number of rotatable bonds is 4. The molecule has 120 valence electrons. The quantitative estimate of drug-likeness (QED) is 0.854. The van der Waals surface area contributed by atoms with E-state index in [1.165, 1.54) is 16.3 Å². The Morgan fingerprint density at radius 1 is 1.13 bits per heavy atom. The second-order valence-corrected chi connectivity index (χ2v) is 6.72. The average Bonchev–Trinajstić information content (AvgIpc) is 3.15. The fraction of sp³-hybridized carbons (Fsp3) is 0.450. The summed E-state index contributed by atoms with van der Waals surface area (Å²) in [6.07, 6.45) is 4.47. The van der Waals surface area contributed by atoms with Crippen molar-refractivity contribution < 1.29 is 4.79 Å². The van der Waals surface area contributed by atoms with Crippen molar-refractivity contribution >= 4 is 16.7 Å². The molecule has 0 spiro atoms. The van der Waals surface area contributed by atoms with Crippen molar-refractivity contribution in [3.8, 4) is 0 Å². The predicted octanol–water partition coefficient (Wildman–Crippen LogP) is 3.95. The maximum Gasteiger partial charge on any atom is 0.241 e. The fourth-order valence-corrected chi connectivity index (χ4v) is 4.22. The normalized spacial score (nSPS) is 24.6. The summed E-state index contributed by atoms with van der Waals surface area (Å²) >= 11 is 0. The zero-order valence-electron chi connectivity index (χ0n) is 13.7. The first-order chi connectivity index (χ1) is 11.3. The van der Waals surface area contributed by atoms with E-state index in [0.29, 0.717) is 5.91 Å². The number of unbranched alkanes of at least 4 members (excludes halogenated alkanes) is 1. The zero-order chi connectivity index (χ0) is 15.8. The van der Waals surface area contributed by atoms with Crippen LogP contribution in [0.3, 0.4) is 0 Å². The highest BCUT2D eigenvalue weighted by Gasteiger charge is 2.48. The van der Waals surface area contributed by atoms with Gasteiger partial charge in [0.15, 0.2) is 0 Å². The van der Waals surface area contributed by atoms with Gasteiger partial charge in [-0.3, -0.25) is 9.69 Å². The number of hydrogen-bond donors (Lipinski definition) is 0. The van der Waals surface area contributed by atoms with Crippen LogP contribution < -0.4 is 0 Å². The number of benzene rings is 2. The Morgan fingerprint density at radius 3 is 2.83 bits per heavy atom. The Bertz CT molecular complexity index is 721. The maximum atomic E-state index is 12.9. The first kappa shape index (κ1) is 14.7. The van der Waals surface area contributed by atoms with Gasteiger partial charge < -0.3 is 4.90 Å². The zero-order valence-corrected chi connectivity index (χ0v) is 13.7. The molecule has 2 aromatic carbocycles. The van der Waals surface area contributed by atoms with Crippen molar-refractivity contribution in [2.75, 3.05) is 13.1 Å². The third-order valence-corrected chi connectivity index (χ3v) is 5.33. The summed E-state index contributed by atoms with van der Waals surface area (Å²) in [6, 6.07) is 15.1. The Morgan fingerprint density at radius 2 is 1.96 bits per heavy atom. The molecule has 3 heteroatoms. The van der Waals surface area contributed by atoms with Crippen molar-refractivity contribution in [3.63, 3.8) is 0 Å². The molecule has 3 nitrogen and oxygen atoms in total. The first-order valence-electron chi connectivity index (χ1n) is 8.85. The van der Waals surface area contributed by atoms with Gasteiger partial charge in [0.1, 0.15) is 6.17 Å². The minimum atomic E-state index is 0.107. The number of amides is 1. The molecule has 2 atom stereocenters. The second-order valence-electron chi connectivity index (χ2n) is 6.72. The van der Waals surface area contributed by atoms with Crippen molar-refractivity contribution in [2.45, 2.75) is 44.8 Å². The molecule has 0 radical (unpaired) electrons. The van der Waals surface area contributed by atoms with Crippen molar-refractivity contribution in [3.05, 3.63) is 48.0 Å². The number of carbonyl (C=O) groups excluding carboxylic acids is 1. The van der Waals surface area contributed by atoms with Gasteiger partial charge in [0.2, 0.25) is 5.91 Å². The number of nitrogens with zero attached hydrogens (tertiary/aromatic N) is 2. The molecule has 23 heavy (non-hydrogen) atoms. The van der Waals surface area contributed by atoms with Crippen LogP contribution in [-0.2, 0) is 4.79 Å². The maximum absolute atomic E-state index is 12.9. The Balaban J connectivity index is 1.81. The van der Waals surface area contributed by atoms with Crippen LogP contribution in [-0.4, -0.2) is 34.8 Å². The molecule has 2 aromatic rings. The van der Waals surface area contributed by atoms with Gasteiger partial charge in [0.05, 0.1) is 6.04 Å². The van der Waals surface area contributed by atoms with Crippen LogP contribution in [0.25, 0.3) is 10.8 Å². The van der Waals surface area contributed by atoms with Gasteiger partial charge in [0, 0.05) is 13.1 Å². The molecule has 0 saturated carbocycles. The van der Waals surface area contributed by atoms with Gasteiger partial charge in [-0.25, -0.2) is 0 Å². The van der Waals surface area contributed by atoms with E-state index in [9.17, 15) is 4.79 Å². The van der Waals surface area contributed by atoms with E-state index in [-0.39, 0.29) is 12.2 Å². The molecule has 0 aliphatic carbocycles. The molecule has 2 aliphatic rings. The average molecular weight is 308 g/mol. The fourth-order valence-electron chi connectivity index (χ4n) is 4.22. The lowest BCUT2D eigenvalue weighted by atomic mass is 10.0. The summed E-state index contributed by atoms with van der Waals surface area (Å²) in [7, 11) is 0. The topological polar surface area (TPSA) is 23.6 Å². The molecule has 2 saturated heterocycles. The van der Waals surface area contributed by atoms with Crippen LogP contribution in [0, 0.1) is 0 Å². The lowest BCUT2D eigenvalue weighted by Gasteiger charge is -2.30. The van der Waals surface area contributed by atoms with E-state index < -0.39 is 0 Å². The van der Waals surface area contributed by atoms with Gasteiger partial charge >= 0.3 is 0 Å². The highest BCUT2D eigenvalue weighted by atomic mass is 16.2. The number of hydrogen-bond acceptors (Lipinski definition) is 2. The molecule has 0 unspecified atom stereocenters. The lowest BCUT2D eigenvalue weighted by molar-refractivity contribution is -0.130. The monoisotopic (exact) mass is 308 g/mol. The molecule has 2 fully saturated rings. The largest absolute Gasteiger partial charge is 0.321 e. The highest BCUT2D eigenvalue weighted by Crippen LogP contribution is 2.41. The summed E-state index contributed by atoms with van der Waals surface area (Å²) in [5.41, 5.74) is 1.29. The number of fused-ring (bicyclic) bond motifs is 2. The summed E-state index contributed by atoms with van der Waals surface area (Å²) in [5.74, 6) is 0.342. The molecule has 2 heterocycles. The van der Waals surface area contributed by atoms with Crippen LogP contribution in [0.15, 0.2) is 42.5 Å². The van der Waals surface area contributed by atoms with E-state index in [1.807, 2.05) is 0 Å². The third-order valence-electron chi connectivity index (χ3n) is 5.33. The summed E-state index contributed by atoms with van der Waals surface area (Å²) < 4.78 is 0. The van der Waals surface area contributed by atoms with Crippen molar-refractivity contribution in [1.82, 2.24) is 9.80 Å². The molecule has 4 rings (SSSR count). The van der Waals surface area contributed by atoms with E-state index in [1.54, 1.807) is 0 Å². The molecular weight excluding hydrogens is 284 g/mol.